The fourth-order valence-corrected chi connectivity index (χ4v) is 5.84. The number of hydrogen-bond acceptors (Lipinski definition) is 5. The first-order valence-corrected chi connectivity index (χ1v) is 14.7. The van der Waals surface area contributed by atoms with Crippen molar-refractivity contribution < 1.29 is 4.42 Å². The van der Waals surface area contributed by atoms with Crippen molar-refractivity contribution in [2.45, 2.75) is 0 Å². The molecule has 0 radical (unpaired) electrons. The molecular formula is C40H24N4O. The SMILES string of the molecule is N#Cc1cc(-c2ccccc2)cc(-c2cccc3c2oc2cccc(-c4nc(-c5ccccc5)nc(-c5ccccc5)n4)c23)c1. The van der Waals surface area contributed by atoms with E-state index >= 15 is 0 Å². The molecular weight excluding hydrogens is 552 g/mol. The van der Waals surface area contributed by atoms with Gasteiger partial charge in [0.1, 0.15) is 11.2 Å². The summed E-state index contributed by atoms with van der Waals surface area (Å²) in [5.41, 5.74) is 8.61. The van der Waals surface area contributed by atoms with Gasteiger partial charge in [0.25, 0.3) is 0 Å². The summed E-state index contributed by atoms with van der Waals surface area (Å²) in [7, 11) is 0. The van der Waals surface area contributed by atoms with Gasteiger partial charge in [0, 0.05) is 33.0 Å². The van der Waals surface area contributed by atoms with Crippen LogP contribution in [0.4, 0.5) is 0 Å². The smallest absolute Gasteiger partial charge is 0.164 e. The Bertz CT molecular complexity index is 2320. The first-order valence-electron chi connectivity index (χ1n) is 14.7. The van der Waals surface area contributed by atoms with E-state index in [-0.39, 0.29) is 0 Å². The molecule has 5 nitrogen and oxygen atoms in total. The van der Waals surface area contributed by atoms with Crippen LogP contribution in [0.25, 0.3) is 78.4 Å². The highest BCUT2D eigenvalue weighted by atomic mass is 16.3. The molecule has 0 atom stereocenters. The van der Waals surface area contributed by atoms with Gasteiger partial charge >= 0.3 is 0 Å². The second kappa shape index (κ2) is 11.0. The molecule has 8 rings (SSSR count). The highest BCUT2D eigenvalue weighted by Crippen LogP contribution is 2.41. The van der Waals surface area contributed by atoms with E-state index in [9.17, 15) is 5.26 Å². The molecule has 5 heteroatoms. The first kappa shape index (κ1) is 26.3. The molecule has 0 bridgehead atoms. The lowest BCUT2D eigenvalue weighted by Gasteiger charge is -2.09. The summed E-state index contributed by atoms with van der Waals surface area (Å²) in [6, 6.07) is 50.4. The molecule has 210 valence electrons. The minimum atomic E-state index is 0.569. The van der Waals surface area contributed by atoms with Gasteiger partial charge in [-0.25, -0.2) is 15.0 Å². The van der Waals surface area contributed by atoms with E-state index in [0.29, 0.717) is 23.0 Å². The van der Waals surface area contributed by atoms with Gasteiger partial charge in [0.15, 0.2) is 17.5 Å². The Morgan fingerprint density at radius 1 is 0.467 bits per heavy atom. The van der Waals surface area contributed by atoms with E-state index in [1.54, 1.807) is 0 Å². The lowest BCUT2D eigenvalue weighted by Crippen LogP contribution is -2.00. The standard InChI is InChI=1S/C40H24N4O/c41-25-26-22-30(27-12-4-1-5-13-27)24-31(23-26)32-18-10-19-33-36-34(20-11-21-35(36)45-37(32)33)40-43-38(28-14-6-2-7-15-28)42-39(44-40)29-16-8-3-9-17-29/h1-24H. The van der Waals surface area contributed by atoms with Gasteiger partial charge in [-0.2, -0.15) is 5.26 Å². The predicted octanol–water partition coefficient (Wildman–Crippen LogP) is 9.98. The highest BCUT2D eigenvalue weighted by molar-refractivity contribution is 6.15. The maximum atomic E-state index is 9.89. The number of para-hydroxylation sites is 1. The van der Waals surface area contributed by atoms with Crippen molar-refractivity contribution in [1.82, 2.24) is 15.0 Å². The van der Waals surface area contributed by atoms with Crippen LogP contribution in [0.2, 0.25) is 0 Å². The number of hydrogen-bond donors (Lipinski definition) is 0. The third-order valence-corrected chi connectivity index (χ3v) is 7.94. The number of rotatable bonds is 5. The van der Waals surface area contributed by atoms with Gasteiger partial charge in [-0.05, 0) is 41.0 Å². The fraction of sp³-hybridized carbons (Fsp3) is 0. The molecule has 0 aliphatic rings. The van der Waals surface area contributed by atoms with E-state index in [1.807, 2.05) is 121 Å². The monoisotopic (exact) mass is 576 g/mol. The van der Waals surface area contributed by atoms with Crippen molar-refractivity contribution in [2.24, 2.45) is 0 Å². The Hall–Kier alpha value is -6.38. The zero-order chi connectivity index (χ0) is 30.2. The van der Waals surface area contributed by atoms with Gasteiger partial charge in [-0.1, -0.05) is 121 Å². The van der Waals surface area contributed by atoms with Crippen molar-refractivity contribution in [2.75, 3.05) is 0 Å². The molecule has 8 aromatic rings. The number of nitriles is 1. The van der Waals surface area contributed by atoms with Crippen molar-refractivity contribution in [3.63, 3.8) is 0 Å². The minimum Gasteiger partial charge on any atom is -0.455 e. The zero-order valence-electron chi connectivity index (χ0n) is 24.1. The van der Waals surface area contributed by atoms with Crippen LogP contribution in [0.15, 0.2) is 150 Å². The lowest BCUT2D eigenvalue weighted by atomic mass is 9.95. The second-order valence-electron chi connectivity index (χ2n) is 10.8. The molecule has 2 heterocycles. The van der Waals surface area contributed by atoms with Crippen LogP contribution in [0.1, 0.15) is 5.56 Å². The molecule has 0 aliphatic heterocycles. The number of furan rings is 1. The molecule has 0 unspecified atom stereocenters. The molecule has 45 heavy (non-hydrogen) atoms. The topological polar surface area (TPSA) is 75.6 Å². The van der Waals surface area contributed by atoms with Crippen molar-refractivity contribution in [3.8, 4) is 62.5 Å². The number of benzene rings is 6. The number of fused-ring (bicyclic) bond motifs is 3. The van der Waals surface area contributed by atoms with Crippen LogP contribution in [0, 0.1) is 11.3 Å². The van der Waals surface area contributed by atoms with Crippen molar-refractivity contribution in [1.29, 1.82) is 5.26 Å². The normalized spacial score (nSPS) is 11.1. The summed E-state index contributed by atoms with van der Waals surface area (Å²) in [4.78, 5) is 14.8. The maximum absolute atomic E-state index is 9.89. The van der Waals surface area contributed by atoms with Gasteiger partial charge < -0.3 is 4.42 Å². The third kappa shape index (κ3) is 4.81. The van der Waals surface area contributed by atoms with Crippen LogP contribution in [0.5, 0.6) is 0 Å². The third-order valence-electron chi connectivity index (χ3n) is 7.94. The summed E-state index contributed by atoms with van der Waals surface area (Å²) < 4.78 is 6.59. The van der Waals surface area contributed by atoms with E-state index in [0.717, 1.165) is 60.9 Å². The summed E-state index contributed by atoms with van der Waals surface area (Å²) in [6.07, 6.45) is 0. The Labute approximate surface area is 259 Å². The quantitative estimate of drug-likeness (QED) is 0.204. The summed E-state index contributed by atoms with van der Waals surface area (Å²) in [5.74, 6) is 1.78. The predicted molar refractivity (Wildman–Crippen MR) is 179 cm³/mol. The Kier molecular flexibility index (Phi) is 6.44. The summed E-state index contributed by atoms with van der Waals surface area (Å²) >= 11 is 0. The highest BCUT2D eigenvalue weighted by Gasteiger charge is 2.20. The van der Waals surface area contributed by atoms with Crippen LogP contribution in [-0.2, 0) is 0 Å². The molecule has 0 N–H and O–H groups in total. The van der Waals surface area contributed by atoms with E-state index in [2.05, 4.69) is 30.3 Å². The molecule has 0 saturated heterocycles. The van der Waals surface area contributed by atoms with Gasteiger partial charge in [-0.15, -0.1) is 0 Å². The van der Waals surface area contributed by atoms with Crippen LogP contribution < -0.4 is 0 Å². The van der Waals surface area contributed by atoms with Gasteiger partial charge in [0.2, 0.25) is 0 Å². The molecule has 2 aromatic heterocycles. The van der Waals surface area contributed by atoms with E-state index in [4.69, 9.17) is 19.4 Å². The second-order valence-corrected chi connectivity index (χ2v) is 10.8. The molecule has 0 fully saturated rings. The molecule has 0 spiro atoms. The van der Waals surface area contributed by atoms with Crippen LogP contribution >= 0.6 is 0 Å². The van der Waals surface area contributed by atoms with Crippen molar-refractivity contribution >= 4 is 21.9 Å². The van der Waals surface area contributed by atoms with Crippen LogP contribution in [-0.4, -0.2) is 15.0 Å². The largest absolute Gasteiger partial charge is 0.455 e. The summed E-state index contributed by atoms with van der Waals surface area (Å²) in [6.45, 7) is 0. The van der Waals surface area contributed by atoms with E-state index < -0.39 is 0 Å². The molecule has 0 saturated carbocycles. The molecule has 6 aromatic carbocycles. The number of nitrogens with zero attached hydrogens (tertiary/aromatic N) is 4. The maximum Gasteiger partial charge on any atom is 0.164 e. The fourth-order valence-electron chi connectivity index (χ4n) is 5.84. The average molecular weight is 577 g/mol. The van der Waals surface area contributed by atoms with Gasteiger partial charge in [0.05, 0.1) is 11.6 Å². The average Bonchev–Trinajstić information content (AvgIpc) is 3.51. The van der Waals surface area contributed by atoms with Gasteiger partial charge in [-0.3, -0.25) is 0 Å². The Morgan fingerprint density at radius 2 is 1.02 bits per heavy atom. The van der Waals surface area contributed by atoms with Crippen LogP contribution in [0.3, 0.4) is 0 Å². The molecule has 0 amide bonds. The Balaban J connectivity index is 1.35. The Morgan fingerprint density at radius 3 is 1.67 bits per heavy atom. The first-order chi connectivity index (χ1) is 22.2. The van der Waals surface area contributed by atoms with Crippen molar-refractivity contribution in [3.05, 3.63) is 151 Å². The number of aromatic nitrogens is 3. The minimum absolute atomic E-state index is 0.569. The summed E-state index contributed by atoms with van der Waals surface area (Å²) in [5, 5.41) is 11.8. The molecule has 0 aliphatic carbocycles. The zero-order valence-corrected chi connectivity index (χ0v) is 24.1. The lowest BCUT2D eigenvalue weighted by molar-refractivity contribution is 0.670. The van der Waals surface area contributed by atoms with E-state index in [1.165, 1.54) is 0 Å².